The average molecular weight is 496 g/mol. The molecule has 36 heavy (non-hydrogen) atoms. The number of thiazole rings is 1. The third-order valence-electron chi connectivity index (χ3n) is 5.57. The molecule has 178 valence electrons. The lowest BCUT2D eigenvalue weighted by Crippen LogP contribution is -2.11. The zero-order chi connectivity index (χ0) is 25.2. The van der Waals surface area contributed by atoms with E-state index in [4.69, 9.17) is 4.42 Å². The van der Waals surface area contributed by atoms with E-state index in [0.717, 1.165) is 16.9 Å². The molecule has 5 rings (SSSR count). The highest BCUT2D eigenvalue weighted by Crippen LogP contribution is 2.26. The van der Waals surface area contributed by atoms with Crippen molar-refractivity contribution in [3.8, 4) is 11.3 Å². The molecule has 0 atom stereocenters. The lowest BCUT2D eigenvalue weighted by Gasteiger charge is -2.06. The van der Waals surface area contributed by atoms with Crippen LogP contribution in [0.2, 0.25) is 0 Å². The molecule has 0 bridgehead atoms. The molecular formula is C28H21N3O4S. The van der Waals surface area contributed by atoms with Gasteiger partial charge in [-0.2, -0.15) is 0 Å². The second-order valence-corrected chi connectivity index (χ2v) is 9.26. The molecule has 0 spiro atoms. The molecule has 0 fully saturated rings. The number of para-hydroxylation sites is 1. The maximum Gasteiger partial charge on any atom is 0.267 e. The number of hydrogen-bond donors (Lipinski definition) is 2. The molecular weight excluding hydrogens is 474 g/mol. The first-order valence-corrected chi connectivity index (χ1v) is 12.0. The van der Waals surface area contributed by atoms with E-state index in [1.165, 1.54) is 6.07 Å². The van der Waals surface area contributed by atoms with Gasteiger partial charge in [0.1, 0.15) is 16.2 Å². The van der Waals surface area contributed by atoms with Gasteiger partial charge in [0.2, 0.25) is 0 Å². The number of carbonyl (C=O) groups excluding carboxylic acids is 2. The molecule has 0 radical (unpaired) electrons. The Hall–Kier alpha value is -4.56. The molecule has 0 aliphatic heterocycles. The van der Waals surface area contributed by atoms with Crippen molar-refractivity contribution in [1.29, 1.82) is 0 Å². The van der Waals surface area contributed by atoms with Crippen molar-refractivity contribution in [1.82, 2.24) is 4.98 Å². The zero-order valence-corrected chi connectivity index (χ0v) is 20.3. The van der Waals surface area contributed by atoms with Gasteiger partial charge in [-0.15, -0.1) is 0 Å². The minimum atomic E-state index is -0.360. The number of rotatable bonds is 5. The number of aryl methyl sites for hydroxylation is 2. The number of nitrogens with one attached hydrogen (secondary N) is 2. The topological polar surface area (TPSA) is 101 Å². The molecule has 2 N–H and O–H groups in total. The number of nitrogens with zero attached hydrogens (tertiary/aromatic N) is 1. The normalized spacial score (nSPS) is 10.8. The number of fused-ring (bicyclic) bond motifs is 1. The van der Waals surface area contributed by atoms with Gasteiger partial charge in [-0.1, -0.05) is 53.3 Å². The first-order valence-electron chi connectivity index (χ1n) is 11.2. The van der Waals surface area contributed by atoms with E-state index < -0.39 is 0 Å². The van der Waals surface area contributed by atoms with Crippen LogP contribution >= 0.6 is 11.3 Å². The van der Waals surface area contributed by atoms with E-state index in [1.54, 1.807) is 55.5 Å². The summed E-state index contributed by atoms with van der Waals surface area (Å²) in [6.07, 6.45) is 0. The van der Waals surface area contributed by atoms with Gasteiger partial charge in [0.15, 0.2) is 10.6 Å². The fourth-order valence-electron chi connectivity index (χ4n) is 3.74. The van der Waals surface area contributed by atoms with Crippen molar-refractivity contribution in [3.63, 3.8) is 0 Å². The van der Waals surface area contributed by atoms with Gasteiger partial charge in [0.05, 0.1) is 11.1 Å². The largest absolute Gasteiger partial charge is 0.456 e. The van der Waals surface area contributed by atoms with Crippen LogP contribution in [0.4, 0.5) is 10.8 Å². The highest BCUT2D eigenvalue weighted by atomic mass is 32.1. The molecule has 0 aliphatic rings. The lowest BCUT2D eigenvalue weighted by atomic mass is 10.1. The van der Waals surface area contributed by atoms with Crippen LogP contribution in [-0.4, -0.2) is 16.8 Å². The first-order chi connectivity index (χ1) is 17.4. The number of hydrogen-bond acceptors (Lipinski definition) is 6. The Morgan fingerprint density at radius 2 is 1.61 bits per heavy atom. The third-order valence-corrected chi connectivity index (χ3v) is 6.64. The van der Waals surface area contributed by atoms with Gasteiger partial charge in [-0.05, 0) is 50.2 Å². The zero-order valence-electron chi connectivity index (χ0n) is 19.5. The predicted octanol–water partition coefficient (Wildman–Crippen LogP) is 6.04. The van der Waals surface area contributed by atoms with Gasteiger partial charge in [-0.25, -0.2) is 4.98 Å². The number of anilines is 2. The molecule has 2 amide bonds. The highest BCUT2D eigenvalue weighted by Gasteiger charge is 2.18. The molecule has 7 nitrogen and oxygen atoms in total. The minimum absolute atomic E-state index is 0.122. The predicted molar refractivity (Wildman–Crippen MR) is 142 cm³/mol. The summed E-state index contributed by atoms with van der Waals surface area (Å²) in [5.74, 6) is -0.221. The van der Waals surface area contributed by atoms with Crippen LogP contribution in [0.5, 0.6) is 0 Å². The van der Waals surface area contributed by atoms with Crippen LogP contribution in [0, 0.1) is 13.8 Å². The molecule has 0 unspecified atom stereocenters. The maximum atomic E-state index is 12.8. The minimum Gasteiger partial charge on any atom is -0.456 e. The summed E-state index contributed by atoms with van der Waals surface area (Å²) in [4.78, 5) is 42.7. The maximum absolute atomic E-state index is 12.8. The van der Waals surface area contributed by atoms with E-state index >= 15 is 0 Å². The van der Waals surface area contributed by atoms with E-state index in [-0.39, 0.29) is 17.2 Å². The van der Waals surface area contributed by atoms with Crippen molar-refractivity contribution in [2.75, 3.05) is 10.6 Å². The molecule has 2 aromatic heterocycles. The molecule has 5 aromatic rings. The van der Waals surface area contributed by atoms with Crippen LogP contribution in [0.25, 0.3) is 22.3 Å². The summed E-state index contributed by atoms with van der Waals surface area (Å²) in [6.45, 7) is 3.64. The van der Waals surface area contributed by atoms with E-state index in [0.29, 0.717) is 49.2 Å². The van der Waals surface area contributed by atoms with Crippen LogP contribution in [0.15, 0.2) is 88.1 Å². The molecule has 0 saturated heterocycles. The summed E-state index contributed by atoms with van der Waals surface area (Å²) in [5.41, 5.74) is 3.66. The van der Waals surface area contributed by atoms with Gasteiger partial charge in [0, 0.05) is 22.9 Å². The van der Waals surface area contributed by atoms with Crippen LogP contribution in [0.1, 0.15) is 31.3 Å². The Morgan fingerprint density at radius 3 is 2.36 bits per heavy atom. The van der Waals surface area contributed by atoms with Gasteiger partial charge >= 0.3 is 0 Å². The number of carbonyl (C=O) groups is 2. The molecule has 0 saturated carbocycles. The fourth-order valence-corrected chi connectivity index (χ4v) is 4.59. The Bertz CT molecular complexity index is 1650. The van der Waals surface area contributed by atoms with Gasteiger partial charge < -0.3 is 9.73 Å². The van der Waals surface area contributed by atoms with Crippen molar-refractivity contribution >= 4 is 44.9 Å². The fraction of sp³-hybridized carbons (Fsp3) is 0.0714. The molecule has 8 heteroatoms. The van der Waals surface area contributed by atoms with Gasteiger partial charge in [0.25, 0.3) is 11.8 Å². The monoisotopic (exact) mass is 495 g/mol. The second kappa shape index (κ2) is 9.59. The van der Waals surface area contributed by atoms with Crippen molar-refractivity contribution < 1.29 is 14.0 Å². The highest BCUT2D eigenvalue weighted by molar-refractivity contribution is 7.17. The second-order valence-electron chi connectivity index (χ2n) is 8.26. The van der Waals surface area contributed by atoms with Crippen molar-refractivity contribution in [3.05, 3.63) is 111 Å². The summed E-state index contributed by atoms with van der Waals surface area (Å²) in [6, 6.07) is 22.8. The lowest BCUT2D eigenvalue weighted by molar-refractivity contribution is 0.102. The van der Waals surface area contributed by atoms with Crippen LogP contribution in [0.3, 0.4) is 0 Å². The van der Waals surface area contributed by atoms with E-state index in [2.05, 4.69) is 15.6 Å². The number of benzene rings is 3. The molecule has 2 heterocycles. The van der Waals surface area contributed by atoms with Crippen LogP contribution < -0.4 is 16.1 Å². The standard InChI is InChI=1S/C28H21N3O4S/c1-16-8-13-23-21(14-16)22(32)15-24(35-23)18-9-11-19(12-10-18)26(33)31-28-29-17(2)25(36-28)27(34)30-20-6-4-3-5-7-20/h3-15H,1-2H3,(H,30,34)(H,29,31,33). The number of amides is 2. The molecule has 0 aliphatic carbocycles. The summed E-state index contributed by atoms with van der Waals surface area (Å²) >= 11 is 1.11. The number of aromatic nitrogens is 1. The van der Waals surface area contributed by atoms with E-state index in [1.807, 2.05) is 31.2 Å². The van der Waals surface area contributed by atoms with Gasteiger partial charge in [-0.3, -0.25) is 19.7 Å². The van der Waals surface area contributed by atoms with Crippen LogP contribution in [-0.2, 0) is 0 Å². The average Bonchev–Trinajstić information content (AvgIpc) is 3.25. The van der Waals surface area contributed by atoms with E-state index in [9.17, 15) is 14.4 Å². The molecule has 3 aromatic carbocycles. The Balaban J connectivity index is 1.31. The van der Waals surface area contributed by atoms with Crippen molar-refractivity contribution in [2.45, 2.75) is 13.8 Å². The SMILES string of the molecule is Cc1ccc2oc(-c3ccc(C(=O)Nc4nc(C)c(C(=O)Nc5ccccc5)s4)cc3)cc(=O)c2c1. The summed E-state index contributed by atoms with van der Waals surface area (Å²) < 4.78 is 5.91. The smallest absolute Gasteiger partial charge is 0.267 e. The summed E-state index contributed by atoms with van der Waals surface area (Å²) in [7, 11) is 0. The van der Waals surface area contributed by atoms with Crippen molar-refractivity contribution in [2.24, 2.45) is 0 Å². The quantitative estimate of drug-likeness (QED) is 0.310. The Kier molecular flexibility index (Phi) is 6.18. The Morgan fingerprint density at radius 1 is 0.861 bits per heavy atom. The summed E-state index contributed by atoms with van der Waals surface area (Å²) in [5, 5.41) is 6.44. The first kappa shape index (κ1) is 23.2. The third kappa shape index (κ3) is 4.80. The Labute approximate surface area is 210 Å².